The molecule has 0 aromatic carbocycles. The van der Waals surface area contributed by atoms with E-state index in [-0.39, 0.29) is 21.1 Å². The predicted octanol–water partition coefficient (Wildman–Crippen LogP) is 3.23. The third-order valence-corrected chi connectivity index (χ3v) is 7.80. The molecule has 1 fully saturated rings. The van der Waals surface area contributed by atoms with Gasteiger partial charge >= 0.3 is 0 Å². The molecular formula is C14H28O2PtSi2. The molecule has 19 heavy (non-hydrogen) atoms. The smallest absolute Gasteiger partial charge is 0.184 e. The fraction of sp³-hybridized carbons (Fsp3) is 0.714. The molecular weight excluding hydrogens is 451 g/mol. The normalized spacial score (nSPS) is 18.9. The molecule has 0 aliphatic heterocycles. The summed E-state index contributed by atoms with van der Waals surface area (Å²) < 4.78 is 5.75. The number of terminal acetylenes is 1. The van der Waals surface area contributed by atoms with Gasteiger partial charge in [-0.25, -0.2) is 0 Å². The summed E-state index contributed by atoms with van der Waals surface area (Å²) in [5, 5.41) is 9.44. The summed E-state index contributed by atoms with van der Waals surface area (Å²) >= 11 is 0. The van der Waals surface area contributed by atoms with Gasteiger partial charge in [-0.15, -0.1) is 13.0 Å². The van der Waals surface area contributed by atoms with Gasteiger partial charge in [-0.1, -0.05) is 18.0 Å². The van der Waals surface area contributed by atoms with Crippen molar-refractivity contribution in [2.45, 2.75) is 63.9 Å². The number of hydrogen-bond acceptors (Lipinski definition) is 2. The zero-order valence-corrected chi connectivity index (χ0v) is 17.1. The van der Waals surface area contributed by atoms with E-state index >= 15 is 0 Å². The molecule has 1 aliphatic rings. The van der Waals surface area contributed by atoms with Crippen molar-refractivity contribution in [3.8, 4) is 12.3 Å². The molecule has 114 valence electrons. The Bertz CT molecular complexity index is 289. The monoisotopic (exact) mass is 479 g/mol. The van der Waals surface area contributed by atoms with E-state index in [4.69, 9.17) is 10.5 Å². The molecule has 2 nitrogen and oxygen atoms in total. The van der Waals surface area contributed by atoms with Crippen molar-refractivity contribution in [1.82, 2.24) is 0 Å². The van der Waals surface area contributed by atoms with Gasteiger partial charge in [-0.2, -0.15) is 0 Å². The second-order valence-electron chi connectivity index (χ2n) is 5.91. The Balaban J connectivity index is 0. The van der Waals surface area contributed by atoms with Gasteiger partial charge in [0.15, 0.2) is 17.4 Å². The van der Waals surface area contributed by atoms with Crippen LogP contribution < -0.4 is 0 Å². The van der Waals surface area contributed by atoms with E-state index in [2.05, 4.69) is 38.7 Å². The molecule has 0 saturated heterocycles. The average Bonchev–Trinajstić information content (AvgIpc) is 2.29. The molecule has 1 N–H and O–H groups in total. The van der Waals surface area contributed by atoms with Gasteiger partial charge in [0.2, 0.25) is 0 Å². The standard InChI is InChI=1S/C8H12O.C6H16OSi2.Pt/c1-2-8(9)6-4-3-5-7-8;1-6-8(2)7-9(3,4)5;/h1,9H,3-7H2;6,8H,1H2,2-5H3;. The van der Waals surface area contributed by atoms with Crippen molar-refractivity contribution >= 4 is 17.4 Å². The first-order valence-electron chi connectivity index (χ1n) is 6.73. The summed E-state index contributed by atoms with van der Waals surface area (Å²) in [6.45, 7) is 12.5. The van der Waals surface area contributed by atoms with Gasteiger partial charge < -0.3 is 9.22 Å². The fourth-order valence-electron chi connectivity index (χ4n) is 1.89. The van der Waals surface area contributed by atoms with Crippen molar-refractivity contribution in [2.75, 3.05) is 0 Å². The Kier molecular flexibility index (Phi) is 11.5. The first-order valence-corrected chi connectivity index (χ1v) is 12.4. The largest absolute Gasteiger partial charge is 0.455 e. The molecule has 1 saturated carbocycles. The van der Waals surface area contributed by atoms with Crippen molar-refractivity contribution in [1.29, 1.82) is 0 Å². The average molecular weight is 480 g/mol. The minimum atomic E-state index is -1.25. The van der Waals surface area contributed by atoms with E-state index in [1.165, 1.54) is 6.42 Å². The number of aliphatic hydroxyl groups is 1. The molecule has 0 spiro atoms. The molecule has 1 unspecified atom stereocenters. The van der Waals surface area contributed by atoms with E-state index in [0.29, 0.717) is 0 Å². The van der Waals surface area contributed by atoms with E-state index in [0.717, 1.165) is 25.7 Å². The zero-order valence-electron chi connectivity index (χ0n) is 12.6. The van der Waals surface area contributed by atoms with Gasteiger partial charge in [0.1, 0.15) is 5.60 Å². The van der Waals surface area contributed by atoms with Crippen molar-refractivity contribution in [3.05, 3.63) is 12.3 Å². The van der Waals surface area contributed by atoms with Crippen molar-refractivity contribution in [2.24, 2.45) is 0 Å². The van der Waals surface area contributed by atoms with Crippen molar-refractivity contribution < 1.29 is 30.3 Å². The van der Waals surface area contributed by atoms with Crippen LogP contribution in [-0.4, -0.2) is 28.1 Å². The molecule has 5 heteroatoms. The summed E-state index contributed by atoms with van der Waals surface area (Å²) in [4.78, 5) is 0. The maximum Gasteiger partial charge on any atom is 0.184 e. The van der Waals surface area contributed by atoms with Crippen LogP contribution in [0.4, 0.5) is 0 Å². The minimum absolute atomic E-state index is 0. The van der Waals surface area contributed by atoms with Gasteiger partial charge in [-0.3, -0.25) is 0 Å². The molecule has 0 aromatic heterocycles. The first kappa shape index (κ1) is 21.6. The van der Waals surface area contributed by atoms with Gasteiger partial charge in [0.05, 0.1) is 0 Å². The van der Waals surface area contributed by atoms with Gasteiger partial charge in [0.25, 0.3) is 0 Å². The minimum Gasteiger partial charge on any atom is -0.455 e. The van der Waals surface area contributed by atoms with Gasteiger partial charge in [0, 0.05) is 21.1 Å². The Morgan fingerprint density at radius 2 is 1.79 bits per heavy atom. The Labute approximate surface area is 136 Å². The van der Waals surface area contributed by atoms with Crippen LogP contribution in [-0.2, 0) is 25.2 Å². The quantitative estimate of drug-likeness (QED) is 0.498. The van der Waals surface area contributed by atoms with Crippen LogP contribution in [0, 0.1) is 12.3 Å². The second kappa shape index (κ2) is 10.1. The molecule has 0 bridgehead atoms. The van der Waals surface area contributed by atoms with Crippen LogP contribution in [0.5, 0.6) is 0 Å². The molecule has 1 aliphatic carbocycles. The second-order valence-corrected chi connectivity index (χ2v) is 13.0. The van der Waals surface area contributed by atoms with Crippen LogP contribution in [0.1, 0.15) is 32.1 Å². The van der Waals surface area contributed by atoms with E-state index in [9.17, 15) is 5.11 Å². The summed E-state index contributed by atoms with van der Waals surface area (Å²) in [7, 11) is -2.23. The number of hydrogen-bond donors (Lipinski definition) is 1. The maximum absolute atomic E-state index is 9.44. The van der Waals surface area contributed by atoms with Crippen LogP contribution in [0.25, 0.3) is 0 Å². The van der Waals surface area contributed by atoms with E-state index < -0.39 is 23.0 Å². The fourth-order valence-corrected chi connectivity index (χ4v) is 6.73. The molecule has 0 radical (unpaired) electrons. The number of rotatable bonds is 3. The van der Waals surface area contributed by atoms with Crippen LogP contribution in [0.2, 0.25) is 26.2 Å². The SMILES string of the molecule is C#CC1(O)CCCCC1.C=C[SiH](C)O[Si](C)(C)C.[Pt]. The van der Waals surface area contributed by atoms with E-state index in [1.54, 1.807) is 0 Å². The summed E-state index contributed by atoms with van der Waals surface area (Å²) in [6, 6.07) is 0. The van der Waals surface area contributed by atoms with E-state index in [1.807, 2.05) is 5.70 Å². The first-order chi connectivity index (χ1) is 8.22. The summed E-state index contributed by atoms with van der Waals surface area (Å²) in [6.07, 6.45) is 10.1. The van der Waals surface area contributed by atoms with Crippen LogP contribution in [0.3, 0.4) is 0 Å². The Morgan fingerprint density at radius 3 is 2.00 bits per heavy atom. The third-order valence-electron chi connectivity index (χ3n) is 2.82. The molecule has 1 atom stereocenters. The zero-order chi connectivity index (χ0) is 14.2. The predicted molar refractivity (Wildman–Crippen MR) is 84.5 cm³/mol. The van der Waals surface area contributed by atoms with Crippen molar-refractivity contribution in [3.63, 3.8) is 0 Å². The molecule has 0 amide bonds. The molecule has 1 rings (SSSR count). The van der Waals surface area contributed by atoms with Gasteiger partial charge in [-0.05, 0) is 51.9 Å². The summed E-state index contributed by atoms with van der Waals surface area (Å²) in [5.41, 5.74) is 1.22. The Hall–Kier alpha value is 0.342. The van der Waals surface area contributed by atoms with Crippen LogP contribution in [0.15, 0.2) is 12.3 Å². The molecule has 0 aromatic rings. The Morgan fingerprint density at radius 1 is 1.32 bits per heavy atom. The third kappa shape index (κ3) is 11.8. The summed E-state index contributed by atoms with van der Waals surface area (Å²) in [5.74, 6) is 2.44. The molecule has 0 heterocycles. The van der Waals surface area contributed by atoms with Crippen LogP contribution >= 0.6 is 0 Å². The topological polar surface area (TPSA) is 29.5 Å². The maximum atomic E-state index is 9.44.